The van der Waals surface area contributed by atoms with E-state index in [4.69, 9.17) is 0 Å². The lowest BCUT2D eigenvalue weighted by Crippen LogP contribution is -2.40. The number of nitrogens with zero attached hydrogens (tertiary/aromatic N) is 2. The molecule has 0 aliphatic carbocycles. The summed E-state index contributed by atoms with van der Waals surface area (Å²) in [7, 11) is 0. The van der Waals surface area contributed by atoms with Gasteiger partial charge < -0.3 is 15.1 Å². The topological polar surface area (TPSA) is 52.7 Å². The van der Waals surface area contributed by atoms with Gasteiger partial charge in [0.2, 0.25) is 11.8 Å². The maximum absolute atomic E-state index is 13.0. The van der Waals surface area contributed by atoms with Crippen molar-refractivity contribution in [3.8, 4) is 0 Å². The largest absolute Gasteiger partial charge is 0.354 e. The Morgan fingerprint density at radius 1 is 1.17 bits per heavy atom. The number of rotatable bonds is 5. The van der Waals surface area contributed by atoms with Gasteiger partial charge in [-0.25, -0.2) is 4.39 Å². The molecule has 0 radical (unpaired) electrons. The van der Waals surface area contributed by atoms with Crippen LogP contribution < -0.4 is 10.2 Å². The van der Waals surface area contributed by atoms with Gasteiger partial charge in [0.1, 0.15) is 11.7 Å². The summed E-state index contributed by atoms with van der Waals surface area (Å²) in [6, 6.07) is 5.79. The molecule has 1 aromatic rings. The first-order chi connectivity index (χ1) is 11.1. The van der Waals surface area contributed by atoms with E-state index in [1.807, 2.05) is 0 Å². The molecule has 2 amide bonds. The Kier molecular flexibility index (Phi) is 4.91. The second kappa shape index (κ2) is 7.08. The zero-order valence-corrected chi connectivity index (χ0v) is 13.1. The van der Waals surface area contributed by atoms with Gasteiger partial charge in [-0.3, -0.25) is 9.59 Å². The molecular weight excluding hydrogens is 297 g/mol. The van der Waals surface area contributed by atoms with E-state index in [9.17, 15) is 14.0 Å². The van der Waals surface area contributed by atoms with Crippen molar-refractivity contribution in [3.63, 3.8) is 0 Å². The molecule has 5 nitrogen and oxygen atoms in total. The zero-order valence-electron chi connectivity index (χ0n) is 13.1. The highest BCUT2D eigenvalue weighted by Gasteiger charge is 2.37. The monoisotopic (exact) mass is 319 g/mol. The van der Waals surface area contributed by atoms with Crippen LogP contribution in [0, 0.1) is 11.7 Å². The minimum atomic E-state index is -0.626. The summed E-state index contributed by atoms with van der Waals surface area (Å²) in [5.74, 6) is -1.36. The second-order valence-corrected chi connectivity index (χ2v) is 6.15. The quantitative estimate of drug-likeness (QED) is 0.835. The molecule has 0 saturated carbocycles. The van der Waals surface area contributed by atoms with E-state index < -0.39 is 5.92 Å². The average Bonchev–Trinajstić information content (AvgIpc) is 3.18. The number of anilines is 1. The van der Waals surface area contributed by atoms with Gasteiger partial charge in [-0.2, -0.15) is 0 Å². The molecule has 1 unspecified atom stereocenters. The summed E-state index contributed by atoms with van der Waals surface area (Å²) in [4.78, 5) is 28.5. The Morgan fingerprint density at radius 3 is 2.57 bits per heavy atom. The van der Waals surface area contributed by atoms with Crippen molar-refractivity contribution in [2.24, 2.45) is 5.92 Å². The van der Waals surface area contributed by atoms with Gasteiger partial charge in [0.05, 0.1) is 0 Å². The lowest BCUT2D eigenvalue weighted by Gasteiger charge is -2.18. The maximum atomic E-state index is 13.0. The van der Waals surface area contributed by atoms with Crippen molar-refractivity contribution in [1.29, 1.82) is 0 Å². The summed E-state index contributed by atoms with van der Waals surface area (Å²) < 4.78 is 13.0. The minimum Gasteiger partial charge on any atom is -0.354 e. The van der Waals surface area contributed by atoms with Crippen LogP contribution in [0.2, 0.25) is 0 Å². The number of likely N-dealkylation sites (tertiary alicyclic amines) is 1. The minimum absolute atomic E-state index is 0.196. The first-order valence-electron chi connectivity index (χ1n) is 8.22. The smallest absolute Gasteiger partial charge is 0.239 e. The van der Waals surface area contributed by atoms with Crippen molar-refractivity contribution >= 4 is 17.5 Å². The Hall–Kier alpha value is -1.95. The van der Waals surface area contributed by atoms with Crippen molar-refractivity contribution in [2.45, 2.75) is 19.3 Å². The van der Waals surface area contributed by atoms with Crippen LogP contribution in [0.25, 0.3) is 0 Å². The van der Waals surface area contributed by atoms with E-state index >= 15 is 0 Å². The predicted octanol–water partition coefficient (Wildman–Crippen LogP) is 1.39. The summed E-state index contributed by atoms with van der Waals surface area (Å²) in [5, 5.41) is 2.87. The molecule has 1 atom stereocenters. The third-order valence-corrected chi connectivity index (χ3v) is 4.59. The van der Waals surface area contributed by atoms with Crippen molar-refractivity contribution in [3.05, 3.63) is 30.1 Å². The lowest BCUT2D eigenvalue weighted by molar-refractivity contribution is -0.132. The van der Waals surface area contributed by atoms with Gasteiger partial charge >= 0.3 is 0 Å². The van der Waals surface area contributed by atoms with Crippen LogP contribution in [-0.4, -0.2) is 49.4 Å². The Bertz CT molecular complexity index is 570. The van der Waals surface area contributed by atoms with Gasteiger partial charge in [0.25, 0.3) is 0 Å². The number of carbonyl (C=O) groups excluding carboxylic acids is 2. The molecule has 0 aromatic heterocycles. The molecule has 0 bridgehead atoms. The van der Waals surface area contributed by atoms with E-state index in [2.05, 4.69) is 10.2 Å². The molecule has 2 fully saturated rings. The Balaban J connectivity index is 1.51. The van der Waals surface area contributed by atoms with Crippen LogP contribution in [0.3, 0.4) is 0 Å². The average molecular weight is 319 g/mol. The molecule has 1 N–H and O–H groups in total. The van der Waals surface area contributed by atoms with E-state index in [1.54, 1.807) is 17.0 Å². The van der Waals surface area contributed by atoms with E-state index in [0.717, 1.165) is 19.6 Å². The van der Waals surface area contributed by atoms with Crippen LogP contribution >= 0.6 is 0 Å². The van der Waals surface area contributed by atoms with Crippen LogP contribution in [-0.2, 0) is 9.59 Å². The van der Waals surface area contributed by atoms with E-state index in [-0.39, 0.29) is 17.6 Å². The molecule has 23 heavy (non-hydrogen) atoms. The first kappa shape index (κ1) is 15.9. The van der Waals surface area contributed by atoms with Crippen LogP contribution in [0.15, 0.2) is 24.3 Å². The third-order valence-electron chi connectivity index (χ3n) is 4.59. The SMILES string of the molecule is O=C(NCCN1CCCC1)C1CCN(c2ccc(F)cc2)C1=O. The van der Waals surface area contributed by atoms with Gasteiger partial charge in [0, 0.05) is 25.3 Å². The maximum Gasteiger partial charge on any atom is 0.239 e. The van der Waals surface area contributed by atoms with E-state index in [1.165, 1.54) is 25.0 Å². The summed E-state index contributed by atoms with van der Waals surface area (Å²) in [6.07, 6.45) is 2.95. The number of halogens is 1. The first-order valence-corrected chi connectivity index (χ1v) is 8.22. The number of amides is 2. The second-order valence-electron chi connectivity index (χ2n) is 6.15. The normalized spacial score (nSPS) is 21.9. The Morgan fingerprint density at radius 2 is 1.87 bits per heavy atom. The fourth-order valence-electron chi connectivity index (χ4n) is 3.27. The zero-order chi connectivity index (χ0) is 16.2. The fraction of sp³-hybridized carbons (Fsp3) is 0.529. The molecule has 2 aliphatic heterocycles. The number of carbonyl (C=O) groups is 2. The summed E-state index contributed by atoms with van der Waals surface area (Å²) in [6.45, 7) is 4.11. The molecule has 0 spiro atoms. The highest BCUT2D eigenvalue weighted by Crippen LogP contribution is 2.25. The van der Waals surface area contributed by atoms with Crippen LogP contribution in [0.1, 0.15) is 19.3 Å². The third kappa shape index (κ3) is 3.69. The number of hydrogen-bond acceptors (Lipinski definition) is 3. The number of hydrogen-bond donors (Lipinski definition) is 1. The molecular formula is C17H22FN3O2. The van der Waals surface area contributed by atoms with Crippen molar-refractivity contribution in [2.75, 3.05) is 37.6 Å². The molecule has 1 aromatic carbocycles. The summed E-state index contributed by atoms with van der Waals surface area (Å²) >= 11 is 0. The highest BCUT2D eigenvalue weighted by atomic mass is 19.1. The fourth-order valence-corrected chi connectivity index (χ4v) is 3.27. The predicted molar refractivity (Wildman–Crippen MR) is 85.5 cm³/mol. The van der Waals surface area contributed by atoms with Crippen LogP contribution in [0.5, 0.6) is 0 Å². The Labute approximate surface area is 135 Å². The molecule has 124 valence electrons. The molecule has 6 heteroatoms. The highest BCUT2D eigenvalue weighted by molar-refractivity contribution is 6.09. The lowest BCUT2D eigenvalue weighted by atomic mass is 10.1. The molecule has 3 rings (SSSR count). The van der Waals surface area contributed by atoms with Gasteiger partial charge in [-0.05, 0) is 56.6 Å². The molecule has 2 heterocycles. The molecule has 2 aliphatic rings. The van der Waals surface area contributed by atoms with Crippen molar-refractivity contribution in [1.82, 2.24) is 10.2 Å². The van der Waals surface area contributed by atoms with E-state index in [0.29, 0.717) is 25.2 Å². The van der Waals surface area contributed by atoms with Gasteiger partial charge in [-0.15, -0.1) is 0 Å². The van der Waals surface area contributed by atoms with Gasteiger partial charge in [0.15, 0.2) is 0 Å². The van der Waals surface area contributed by atoms with Crippen molar-refractivity contribution < 1.29 is 14.0 Å². The summed E-state index contributed by atoms with van der Waals surface area (Å²) in [5.41, 5.74) is 0.642. The standard InChI is InChI=1S/C17H22FN3O2/c18-13-3-5-14(6-4-13)21-11-7-15(17(21)23)16(22)19-8-12-20-9-1-2-10-20/h3-6,15H,1-2,7-12H2,(H,19,22). The number of nitrogens with one attached hydrogen (secondary N) is 1. The molecule has 2 saturated heterocycles. The van der Waals surface area contributed by atoms with Gasteiger partial charge in [-0.1, -0.05) is 0 Å². The van der Waals surface area contributed by atoms with Crippen LogP contribution in [0.4, 0.5) is 10.1 Å². The number of benzene rings is 1.